The number of H-pyrrole nitrogens is 1. The molecule has 0 bridgehead atoms. The van der Waals surface area contributed by atoms with Gasteiger partial charge in [-0.25, -0.2) is 0 Å². The number of benzene rings is 1. The lowest BCUT2D eigenvalue weighted by molar-refractivity contribution is -0.135. The molecule has 1 atom stereocenters. The van der Waals surface area contributed by atoms with Crippen molar-refractivity contribution in [3.05, 3.63) is 57.7 Å². The molecule has 1 aliphatic rings. The van der Waals surface area contributed by atoms with Crippen LogP contribution in [0, 0.1) is 11.7 Å². The van der Waals surface area contributed by atoms with Gasteiger partial charge < -0.3 is 4.90 Å². The van der Waals surface area contributed by atoms with E-state index >= 15 is 0 Å². The summed E-state index contributed by atoms with van der Waals surface area (Å²) in [6.45, 7) is 4.62. The van der Waals surface area contributed by atoms with Crippen molar-refractivity contribution in [2.45, 2.75) is 45.3 Å². The summed E-state index contributed by atoms with van der Waals surface area (Å²) in [6, 6.07) is 12.3. The van der Waals surface area contributed by atoms with E-state index in [9.17, 15) is 4.79 Å². The number of rotatable bonds is 6. The first-order chi connectivity index (χ1) is 13.0. The Morgan fingerprint density at radius 2 is 2.11 bits per heavy atom. The Balaban J connectivity index is 1.62. The first-order valence-electron chi connectivity index (χ1n) is 9.11. The minimum Gasteiger partial charge on any atom is -0.334 e. The summed E-state index contributed by atoms with van der Waals surface area (Å²) < 4.78 is 2.32. The lowest BCUT2D eigenvalue weighted by atomic mass is 10.1. The number of aryl methyl sites for hydroxylation is 1. The normalized spacial score (nSPS) is 14.9. The van der Waals surface area contributed by atoms with Gasteiger partial charge >= 0.3 is 0 Å². The molecule has 27 heavy (non-hydrogen) atoms. The molecule has 1 aromatic carbocycles. The molecule has 5 nitrogen and oxygen atoms in total. The largest absolute Gasteiger partial charge is 0.334 e. The van der Waals surface area contributed by atoms with Gasteiger partial charge in [-0.1, -0.05) is 35.9 Å². The van der Waals surface area contributed by atoms with Gasteiger partial charge in [0.25, 0.3) is 0 Å². The number of nitrogens with zero attached hydrogens (tertiary/aromatic N) is 3. The molecule has 1 saturated carbocycles. The number of carbonyl (C=O) groups excluding carboxylic acids is 1. The molecule has 1 aliphatic carbocycles. The molecule has 0 spiro atoms. The highest BCUT2D eigenvalue weighted by Crippen LogP contribution is 2.32. The number of carbonyl (C=O) groups is 1. The molecule has 1 N–H and O–H groups in total. The Kier molecular flexibility index (Phi) is 4.97. The summed E-state index contributed by atoms with van der Waals surface area (Å²) in [5, 5.41) is 9.21. The first kappa shape index (κ1) is 18.1. The lowest BCUT2D eigenvalue weighted by Gasteiger charge is -2.27. The average Bonchev–Trinajstić information content (AvgIpc) is 3.21. The fraction of sp³-hybridized carbons (Fsp3) is 0.350. The molecule has 1 fully saturated rings. The molecule has 4 rings (SSSR count). The SMILES string of the molecule is Cc1ccc(CN(C(=O)C(C)n2c(-c3cccs3)n[nH]c2=S)C2CC2)cc1. The Hall–Kier alpha value is -2.25. The van der Waals surface area contributed by atoms with Crippen LogP contribution in [0.15, 0.2) is 41.8 Å². The maximum absolute atomic E-state index is 13.4. The van der Waals surface area contributed by atoms with Gasteiger partial charge in [0.2, 0.25) is 5.91 Å². The quantitative estimate of drug-likeness (QED) is 0.611. The number of hydrogen-bond acceptors (Lipinski definition) is 4. The third kappa shape index (κ3) is 3.75. The molecule has 2 aromatic heterocycles. The van der Waals surface area contributed by atoms with E-state index in [1.165, 1.54) is 5.56 Å². The predicted octanol–water partition coefficient (Wildman–Crippen LogP) is 4.73. The van der Waals surface area contributed by atoms with E-state index in [1.807, 2.05) is 33.9 Å². The first-order valence-corrected chi connectivity index (χ1v) is 10.4. The van der Waals surface area contributed by atoms with Crippen LogP contribution in [0.25, 0.3) is 10.7 Å². The van der Waals surface area contributed by atoms with Crippen LogP contribution in [-0.4, -0.2) is 31.6 Å². The van der Waals surface area contributed by atoms with E-state index in [0.717, 1.165) is 29.1 Å². The third-order valence-corrected chi connectivity index (χ3v) is 6.09. The second-order valence-corrected chi connectivity index (χ2v) is 8.39. The maximum Gasteiger partial charge on any atom is 0.246 e. The highest BCUT2D eigenvalue weighted by atomic mass is 32.1. The van der Waals surface area contributed by atoms with E-state index in [0.29, 0.717) is 17.4 Å². The fourth-order valence-electron chi connectivity index (χ4n) is 3.26. The Morgan fingerprint density at radius 3 is 2.74 bits per heavy atom. The Labute approximate surface area is 167 Å². The predicted molar refractivity (Wildman–Crippen MR) is 110 cm³/mol. The van der Waals surface area contributed by atoms with Crippen molar-refractivity contribution in [3.63, 3.8) is 0 Å². The number of aromatic nitrogens is 3. The van der Waals surface area contributed by atoms with Gasteiger partial charge in [0.15, 0.2) is 10.6 Å². The second kappa shape index (κ2) is 7.40. The van der Waals surface area contributed by atoms with Crippen LogP contribution in [-0.2, 0) is 11.3 Å². The Morgan fingerprint density at radius 1 is 1.37 bits per heavy atom. The van der Waals surface area contributed by atoms with Gasteiger partial charge in [0, 0.05) is 12.6 Å². The van der Waals surface area contributed by atoms with Crippen molar-refractivity contribution in [1.82, 2.24) is 19.7 Å². The summed E-state index contributed by atoms with van der Waals surface area (Å²) >= 11 is 7.02. The van der Waals surface area contributed by atoms with Crippen LogP contribution >= 0.6 is 23.6 Å². The number of nitrogens with one attached hydrogen (secondary N) is 1. The molecule has 1 unspecified atom stereocenters. The van der Waals surface area contributed by atoms with E-state index in [1.54, 1.807) is 11.3 Å². The molecular formula is C20H22N4OS2. The molecule has 140 valence electrons. The summed E-state index contributed by atoms with van der Waals surface area (Å²) in [5.74, 6) is 0.815. The van der Waals surface area contributed by atoms with Crippen LogP contribution in [0.4, 0.5) is 0 Å². The third-order valence-electron chi connectivity index (χ3n) is 4.93. The summed E-state index contributed by atoms with van der Waals surface area (Å²) in [4.78, 5) is 16.4. The van der Waals surface area contributed by atoms with Crippen molar-refractivity contribution >= 4 is 29.5 Å². The zero-order valence-corrected chi connectivity index (χ0v) is 17.0. The average molecular weight is 399 g/mol. The zero-order valence-electron chi connectivity index (χ0n) is 15.4. The molecule has 7 heteroatoms. The van der Waals surface area contributed by atoms with Gasteiger partial charge in [-0.05, 0) is 55.9 Å². The number of thiophene rings is 1. The van der Waals surface area contributed by atoms with Gasteiger partial charge in [-0.15, -0.1) is 11.3 Å². The van der Waals surface area contributed by atoms with Gasteiger partial charge in [0.05, 0.1) is 4.88 Å². The van der Waals surface area contributed by atoms with Gasteiger partial charge in [-0.3, -0.25) is 14.5 Å². The topological polar surface area (TPSA) is 53.9 Å². The monoisotopic (exact) mass is 398 g/mol. The summed E-state index contributed by atoms with van der Waals surface area (Å²) in [5.41, 5.74) is 2.38. The van der Waals surface area contributed by atoms with E-state index in [-0.39, 0.29) is 5.91 Å². The van der Waals surface area contributed by atoms with E-state index in [2.05, 4.69) is 41.4 Å². The van der Waals surface area contributed by atoms with Crippen LogP contribution in [0.1, 0.15) is 36.9 Å². The number of hydrogen-bond donors (Lipinski definition) is 1. The fourth-order valence-corrected chi connectivity index (χ4v) is 4.26. The summed E-state index contributed by atoms with van der Waals surface area (Å²) in [7, 11) is 0. The van der Waals surface area contributed by atoms with Crippen molar-refractivity contribution in [3.8, 4) is 10.7 Å². The molecule has 3 aromatic rings. The molecule has 0 aliphatic heterocycles. The van der Waals surface area contributed by atoms with Gasteiger partial charge in [-0.2, -0.15) is 5.10 Å². The smallest absolute Gasteiger partial charge is 0.246 e. The van der Waals surface area contributed by atoms with Crippen LogP contribution < -0.4 is 0 Å². The molecule has 1 amide bonds. The minimum absolute atomic E-state index is 0.0911. The molecular weight excluding hydrogens is 376 g/mol. The van der Waals surface area contributed by atoms with Gasteiger partial charge in [0.1, 0.15) is 6.04 Å². The van der Waals surface area contributed by atoms with E-state index in [4.69, 9.17) is 12.2 Å². The second-order valence-electron chi connectivity index (χ2n) is 7.06. The van der Waals surface area contributed by atoms with Crippen molar-refractivity contribution in [1.29, 1.82) is 0 Å². The van der Waals surface area contributed by atoms with Crippen LogP contribution in [0.3, 0.4) is 0 Å². The lowest BCUT2D eigenvalue weighted by Crippen LogP contribution is -2.37. The van der Waals surface area contributed by atoms with Crippen LogP contribution in [0.5, 0.6) is 0 Å². The van der Waals surface area contributed by atoms with Crippen molar-refractivity contribution in [2.75, 3.05) is 0 Å². The van der Waals surface area contributed by atoms with Crippen LogP contribution in [0.2, 0.25) is 0 Å². The van der Waals surface area contributed by atoms with E-state index < -0.39 is 6.04 Å². The zero-order chi connectivity index (χ0) is 19.0. The maximum atomic E-state index is 13.4. The number of amides is 1. The highest BCUT2D eigenvalue weighted by Gasteiger charge is 2.36. The minimum atomic E-state index is -0.403. The molecule has 0 radical (unpaired) electrons. The van der Waals surface area contributed by atoms with Crippen molar-refractivity contribution in [2.24, 2.45) is 0 Å². The Bertz CT molecular complexity index is 984. The standard InChI is InChI=1S/C20H22N4OS2/c1-13-5-7-15(8-6-13)12-23(16-9-10-16)19(25)14(2)24-18(21-22-20(24)26)17-4-3-11-27-17/h3-8,11,14,16H,9-10,12H2,1-2H3,(H,22,26). The van der Waals surface area contributed by atoms with Crippen molar-refractivity contribution < 1.29 is 4.79 Å². The highest BCUT2D eigenvalue weighted by molar-refractivity contribution is 7.71. The summed E-state index contributed by atoms with van der Waals surface area (Å²) in [6.07, 6.45) is 2.14. The molecule has 0 saturated heterocycles. The number of aromatic amines is 1. The molecule has 2 heterocycles.